The molecule has 0 radical (unpaired) electrons. The maximum absolute atomic E-state index is 12.7. The number of amides is 1. The molecule has 0 aliphatic carbocycles. The number of aromatic nitrogens is 1. The topological polar surface area (TPSA) is 101 Å². The average molecular weight is 481 g/mol. The summed E-state index contributed by atoms with van der Waals surface area (Å²) in [5, 5.41) is 5.22. The molecular formula is C22H32N4O4S2. The Balaban J connectivity index is 1.49. The molecule has 32 heavy (non-hydrogen) atoms. The van der Waals surface area contributed by atoms with Crippen LogP contribution in [0.15, 0.2) is 22.4 Å². The number of carbonyl (C=O) groups is 1. The lowest BCUT2D eigenvalue weighted by atomic mass is 10.1. The lowest BCUT2D eigenvalue weighted by Gasteiger charge is -2.34. The van der Waals surface area contributed by atoms with Gasteiger partial charge >= 0.3 is 0 Å². The van der Waals surface area contributed by atoms with Gasteiger partial charge in [0.25, 0.3) is 0 Å². The number of aryl methyl sites for hydroxylation is 3. The van der Waals surface area contributed by atoms with Gasteiger partial charge in [-0.25, -0.2) is 18.1 Å². The molecule has 0 spiro atoms. The van der Waals surface area contributed by atoms with E-state index in [-0.39, 0.29) is 36.0 Å². The fourth-order valence-corrected chi connectivity index (χ4v) is 6.42. The highest BCUT2D eigenvalue weighted by molar-refractivity contribution is 7.89. The SMILES string of the molecule is Cc1cc(C)c(S(=O)(=O)NCCC(=O)Nc2nc(CN3C[C@@H](C)O[C@H](C)C3)cs2)c(C)c1. The largest absolute Gasteiger partial charge is 0.373 e. The molecule has 0 saturated carbocycles. The third-order valence-corrected chi connectivity index (χ3v) is 7.77. The normalized spacial score (nSPS) is 19.8. The van der Waals surface area contributed by atoms with Crippen molar-refractivity contribution in [3.63, 3.8) is 0 Å². The summed E-state index contributed by atoms with van der Waals surface area (Å²) in [4.78, 5) is 19.4. The van der Waals surface area contributed by atoms with Crippen molar-refractivity contribution in [3.05, 3.63) is 39.9 Å². The minimum Gasteiger partial charge on any atom is -0.373 e. The molecule has 2 aromatic rings. The van der Waals surface area contributed by atoms with Gasteiger partial charge in [-0.1, -0.05) is 17.7 Å². The molecule has 3 rings (SSSR count). The van der Waals surface area contributed by atoms with E-state index in [2.05, 4.69) is 33.8 Å². The number of rotatable bonds is 8. The summed E-state index contributed by atoms with van der Waals surface area (Å²) in [6, 6.07) is 3.68. The molecule has 1 saturated heterocycles. The van der Waals surface area contributed by atoms with Gasteiger partial charge in [0.15, 0.2) is 5.13 Å². The molecule has 0 bridgehead atoms. The molecule has 0 unspecified atom stereocenters. The third-order valence-electron chi connectivity index (χ3n) is 5.20. The Hall–Kier alpha value is -1.85. The van der Waals surface area contributed by atoms with E-state index in [1.807, 2.05) is 24.4 Å². The van der Waals surface area contributed by atoms with Crippen molar-refractivity contribution in [1.29, 1.82) is 0 Å². The molecule has 1 fully saturated rings. The second-order valence-corrected chi connectivity index (χ2v) is 11.1. The van der Waals surface area contributed by atoms with Crippen LogP contribution < -0.4 is 10.0 Å². The van der Waals surface area contributed by atoms with Crippen LogP contribution in [0.25, 0.3) is 0 Å². The minimum absolute atomic E-state index is 0.0166. The van der Waals surface area contributed by atoms with Gasteiger partial charge in [0.2, 0.25) is 15.9 Å². The van der Waals surface area contributed by atoms with Crippen LogP contribution in [0.5, 0.6) is 0 Å². The van der Waals surface area contributed by atoms with Gasteiger partial charge in [0, 0.05) is 38.0 Å². The molecule has 1 amide bonds. The fourth-order valence-electron chi connectivity index (χ4n) is 4.22. The quantitative estimate of drug-likeness (QED) is 0.602. The summed E-state index contributed by atoms with van der Waals surface area (Å²) in [7, 11) is -3.69. The van der Waals surface area contributed by atoms with Crippen molar-refractivity contribution in [2.75, 3.05) is 25.0 Å². The van der Waals surface area contributed by atoms with Gasteiger partial charge in [-0.2, -0.15) is 0 Å². The Morgan fingerprint density at radius 2 is 1.81 bits per heavy atom. The van der Waals surface area contributed by atoms with Crippen molar-refractivity contribution in [2.24, 2.45) is 0 Å². The first kappa shape index (κ1) is 24.8. The van der Waals surface area contributed by atoms with E-state index in [1.54, 1.807) is 13.8 Å². The molecule has 2 heterocycles. The van der Waals surface area contributed by atoms with Gasteiger partial charge in [-0.15, -0.1) is 11.3 Å². The lowest BCUT2D eigenvalue weighted by molar-refractivity contribution is -0.116. The number of hydrogen-bond donors (Lipinski definition) is 2. The van der Waals surface area contributed by atoms with E-state index >= 15 is 0 Å². The van der Waals surface area contributed by atoms with E-state index in [4.69, 9.17) is 4.74 Å². The van der Waals surface area contributed by atoms with Crippen LogP contribution in [-0.2, 0) is 26.1 Å². The van der Waals surface area contributed by atoms with Crippen LogP contribution in [0.3, 0.4) is 0 Å². The summed E-state index contributed by atoms with van der Waals surface area (Å²) < 4.78 is 33.7. The van der Waals surface area contributed by atoms with E-state index in [9.17, 15) is 13.2 Å². The zero-order valence-corrected chi connectivity index (χ0v) is 20.9. The van der Waals surface area contributed by atoms with Gasteiger partial charge < -0.3 is 10.1 Å². The monoisotopic (exact) mass is 480 g/mol. The first-order valence-corrected chi connectivity index (χ1v) is 13.1. The number of nitrogens with zero attached hydrogens (tertiary/aromatic N) is 2. The van der Waals surface area contributed by atoms with Crippen LogP contribution in [0.1, 0.15) is 42.7 Å². The number of nitrogens with one attached hydrogen (secondary N) is 2. The van der Waals surface area contributed by atoms with Crippen molar-refractivity contribution in [3.8, 4) is 0 Å². The summed E-state index contributed by atoms with van der Waals surface area (Å²) in [5.74, 6) is -0.278. The first-order valence-electron chi connectivity index (χ1n) is 10.7. The average Bonchev–Trinajstić information content (AvgIpc) is 3.06. The number of benzene rings is 1. The molecular weight excluding hydrogens is 448 g/mol. The minimum atomic E-state index is -3.69. The second kappa shape index (κ2) is 10.4. The van der Waals surface area contributed by atoms with Crippen molar-refractivity contribution in [2.45, 2.75) is 64.7 Å². The third kappa shape index (κ3) is 6.58. The summed E-state index contributed by atoms with van der Waals surface area (Å²) >= 11 is 1.37. The second-order valence-electron chi connectivity index (χ2n) is 8.52. The van der Waals surface area contributed by atoms with Gasteiger partial charge in [0.1, 0.15) is 0 Å². The number of morpholine rings is 1. The zero-order valence-electron chi connectivity index (χ0n) is 19.3. The number of thiazole rings is 1. The predicted octanol–water partition coefficient (Wildman–Crippen LogP) is 2.98. The Kier molecular flexibility index (Phi) is 8.05. The molecule has 10 heteroatoms. The molecule has 1 aromatic heterocycles. The standard InChI is InChI=1S/C22H32N4O4S2/c1-14-8-15(2)21(16(3)9-14)32(28,29)23-7-6-20(27)25-22-24-19(13-31-22)12-26-10-17(4)30-18(5)11-26/h8-9,13,17-18,23H,6-7,10-12H2,1-5H3,(H,24,25,27)/t17-,18-/m1/s1. The maximum atomic E-state index is 12.7. The zero-order chi connectivity index (χ0) is 23.5. The van der Waals surface area contributed by atoms with Crippen LogP contribution in [-0.4, -0.2) is 56.1 Å². The van der Waals surface area contributed by atoms with Gasteiger partial charge in [-0.3, -0.25) is 9.69 Å². The Morgan fingerprint density at radius 1 is 1.19 bits per heavy atom. The van der Waals surface area contributed by atoms with E-state index in [1.165, 1.54) is 11.3 Å². The predicted molar refractivity (Wildman–Crippen MR) is 126 cm³/mol. The van der Waals surface area contributed by atoms with Crippen LogP contribution >= 0.6 is 11.3 Å². The van der Waals surface area contributed by atoms with E-state index in [0.717, 1.165) is 24.3 Å². The Morgan fingerprint density at radius 3 is 2.44 bits per heavy atom. The highest BCUT2D eigenvalue weighted by Crippen LogP contribution is 2.22. The van der Waals surface area contributed by atoms with Crippen molar-refractivity contribution < 1.29 is 17.9 Å². The number of hydrogen-bond acceptors (Lipinski definition) is 7. The lowest BCUT2D eigenvalue weighted by Crippen LogP contribution is -2.44. The first-order chi connectivity index (χ1) is 15.0. The molecule has 1 aromatic carbocycles. The Bertz CT molecular complexity index is 1030. The molecule has 2 atom stereocenters. The van der Waals surface area contributed by atoms with Crippen molar-refractivity contribution in [1.82, 2.24) is 14.6 Å². The Labute approximate surface area is 194 Å². The number of sulfonamides is 1. The molecule has 176 valence electrons. The number of carbonyl (C=O) groups excluding carboxylic acids is 1. The van der Waals surface area contributed by atoms with Gasteiger partial charge in [0.05, 0.1) is 22.8 Å². The summed E-state index contributed by atoms with van der Waals surface area (Å²) in [6.07, 6.45) is 0.400. The highest BCUT2D eigenvalue weighted by Gasteiger charge is 2.23. The molecule has 8 nitrogen and oxygen atoms in total. The molecule has 1 aliphatic rings. The highest BCUT2D eigenvalue weighted by atomic mass is 32.2. The van der Waals surface area contributed by atoms with Gasteiger partial charge in [-0.05, 0) is 45.7 Å². The maximum Gasteiger partial charge on any atom is 0.241 e. The molecule has 2 N–H and O–H groups in total. The number of ether oxygens (including phenoxy) is 1. The fraction of sp³-hybridized carbons (Fsp3) is 0.545. The summed E-state index contributed by atoms with van der Waals surface area (Å²) in [6.45, 7) is 12.0. The van der Waals surface area contributed by atoms with E-state index in [0.29, 0.717) is 22.8 Å². The molecule has 1 aliphatic heterocycles. The van der Waals surface area contributed by atoms with Crippen LogP contribution in [0.2, 0.25) is 0 Å². The smallest absolute Gasteiger partial charge is 0.241 e. The summed E-state index contributed by atoms with van der Waals surface area (Å²) in [5.41, 5.74) is 3.30. The van der Waals surface area contributed by atoms with E-state index < -0.39 is 10.0 Å². The van der Waals surface area contributed by atoms with Crippen molar-refractivity contribution >= 4 is 32.4 Å². The van der Waals surface area contributed by atoms with Crippen LogP contribution in [0.4, 0.5) is 5.13 Å². The van der Waals surface area contributed by atoms with Crippen LogP contribution in [0, 0.1) is 20.8 Å². The number of anilines is 1.